The van der Waals surface area contributed by atoms with Gasteiger partial charge in [-0.05, 0) is 102 Å². The number of hydrogen-bond acceptors (Lipinski definition) is 4. The highest BCUT2D eigenvalue weighted by molar-refractivity contribution is 6.12. The van der Waals surface area contributed by atoms with E-state index >= 15 is 0 Å². The van der Waals surface area contributed by atoms with Crippen LogP contribution in [-0.4, -0.2) is 26.1 Å². The van der Waals surface area contributed by atoms with Gasteiger partial charge in [0.05, 0.1) is 28.1 Å². The minimum absolute atomic E-state index is 0.397. The molecule has 5 nitrogen and oxygen atoms in total. The van der Waals surface area contributed by atoms with Crippen molar-refractivity contribution in [2.45, 2.75) is 0 Å². The summed E-state index contributed by atoms with van der Waals surface area (Å²) in [4.78, 5) is 14.0. The second kappa shape index (κ2) is 12.9. The van der Waals surface area contributed by atoms with Crippen molar-refractivity contribution >= 4 is 33.1 Å². The topological polar surface area (TPSA) is 52.8 Å². The predicted octanol–water partition coefficient (Wildman–Crippen LogP) is 11.2. The molecule has 4 aromatic carbocycles. The number of hydrogen-bond donors (Lipinski definition) is 0. The average molecular weight is 657 g/mol. The van der Waals surface area contributed by atoms with Crippen molar-refractivity contribution in [1.82, 2.24) is 19.5 Å². The molecule has 0 bridgehead atoms. The molecule has 0 atom stereocenters. The number of para-hydroxylation sites is 1. The summed E-state index contributed by atoms with van der Waals surface area (Å²) < 4.78 is 8.77. The Balaban J connectivity index is 1.20. The van der Waals surface area contributed by atoms with Crippen LogP contribution in [0, 0.1) is 0 Å². The van der Waals surface area contributed by atoms with Crippen molar-refractivity contribution in [3.8, 4) is 50.6 Å². The molecule has 9 rings (SSSR count). The molecule has 51 heavy (non-hydrogen) atoms. The quantitative estimate of drug-likeness (QED) is 0.185. The molecule has 1 aliphatic rings. The van der Waals surface area contributed by atoms with Crippen LogP contribution in [0.1, 0.15) is 5.56 Å². The Bertz CT molecular complexity index is 2640. The van der Waals surface area contributed by atoms with Gasteiger partial charge in [-0.1, -0.05) is 73.3 Å². The minimum atomic E-state index is 0.397. The summed E-state index contributed by atoms with van der Waals surface area (Å²) in [6.45, 7) is 5.00. The van der Waals surface area contributed by atoms with E-state index in [4.69, 9.17) is 9.72 Å². The molecule has 8 aromatic rings. The van der Waals surface area contributed by atoms with Crippen LogP contribution in [0.15, 0.2) is 177 Å². The van der Waals surface area contributed by atoms with Crippen LogP contribution in [0.5, 0.6) is 5.75 Å². The van der Waals surface area contributed by atoms with Crippen LogP contribution in [-0.2, 0) is 0 Å². The predicted molar refractivity (Wildman–Crippen MR) is 209 cm³/mol. The van der Waals surface area contributed by atoms with E-state index in [0.29, 0.717) is 6.61 Å². The van der Waals surface area contributed by atoms with Crippen LogP contribution in [0.4, 0.5) is 0 Å². The highest BCUT2D eigenvalue weighted by Crippen LogP contribution is 2.41. The zero-order valence-electron chi connectivity index (χ0n) is 27.8. The van der Waals surface area contributed by atoms with E-state index in [2.05, 4.69) is 124 Å². The van der Waals surface area contributed by atoms with Gasteiger partial charge in [-0.2, -0.15) is 0 Å². The van der Waals surface area contributed by atoms with Crippen molar-refractivity contribution in [2.75, 3.05) is 6.61 Å². The SMILES string of the molecule is C=C1/C=C(n2c3ccccc3c3cc(-c4ccccc4-c4ccccn4)ccc32)\C=C/COc2cc(-c3ccccn3)c(-c3ccccn3)cc21. The highest BCUT2D eigenvalue weighted by atomic mass is 16.5. The van der Waals surface area contributed by atoms with E-state index in [0.717, 1.165) is 78.5 Å². The molecular weight excluding hydrogens is 625 g/mol. The monoisotopic (exact) mass is 656 g/mol. The molecule has 5 heterocycles. The molecule has 5 heteroatoms. The number of allylic oxidation sites excluding steroid dienone is 4. The van der Waals surface area contributed by atoms with E-state index in [-0.39, 0.29) is 0 Å². The summed E-state index contributed by atoms with van der Waals surface area (Å²) in [6, 6.07) is 46.0. The lowest BCUT2D eigenvalue weighted by molar-refractivity contribution is 0.362. The van der Waals surface area contributed by atoms with E-state index in [1.54, 1.807) is 0 Å². The molecule has 242 valence electrons. The van der Waals surface area contributed by atoms with Crippen molar-refractivity contribution in [3.63, 3.8) is 0 Å². The fraction of sp³-hybridized carbons (Fsp3) is 0.0217. The maximum atomic E-state index is 6.44. The lowest BCUT2D eigenvalue weighted by Gasteiger charge is -2.17. The molecule has 0 amide bonds. The van der Waals surface area contributed by atoms with E-state index in [1.165, 1.54) is 10.8 Å². The number of aromatic nitrogens is 4. The average Bonchev–Trinajstić information content (AvgIpc) is 3.56. The van der Waals surface area contributed by atoms with Gasteiger partial charge in [0.2, 0.25) is 0 Å². The third-order valence-corrected chi connectivity index (χ3v) is 9.40. The lowest BCUT2D eigenvalue weighted by atomic mass is 9.94. The summed E-state index contributed by atoms with van der Waals surface area (Å²) in [5, 5.41) is 2.35. The van der Waals surface area contributed by atoms with E-state index in [1.807, 2.05) is 67.1 Å². The van der Waals surface area contributed by atoms with Crippen LogP contribution in [0.25, 0.3) is 78.0 Å². The van der Waals surface area contributed by atoms with Gasteiger partial charge >= 0.3 is 0 Å². The summed E-state index contributed by atoms with van der Waals surface area (Å²) in [7, 11) is 0. The smallest absolute Gasteiger partial charge is 0.128 e. The van der Waals surface area contributed by atoms with Crippen LogP contribution in [0.2, 0.25) is 0 Å². The summed E-state index contributed by atoms with van der Waals surface area (Å²) in [5.74, 6) is 0.751. The molecule has 0 aliphatic carbocycles. The van der Waals surface area contributed by atoms with Gasteiger partial charge in [-0.3, -0.25) is 15.0 Å². The maximum Gasteiger partial charge on any atom is 0.128 e. The molecule has 4 aromatic heterocycles. The first kappa shape index (κ1) is 30.2. The Hall–Kier alpha value is -6.85. The lowest BCUT2D eigenvalue weighted by Crippen LogP contribution is -1.99. The third kappa shape index (κ3) is 5.51. The van der Waals surface area contributed by atoms with Crippen molar-refractivity contribution < 1.29 is 4.74 Å². The minimum Gasteiger partial charge on any atom is -0.489 e. The Morgan fingerprint density at radius 3 is 1.84 bits per heavy atom. The first-order chi connectivity index (χ1) is 25.2. The van der Waals surface area contributed by atoms with Gasteiger partial charge in [0.25, 0.3) is 0 Å². The fourth-order valence-electron chi connectivity index (χ4n) is 7.07. The number of benzene rings is 4. The molecule has 0 radical (unpaired) electrons. The van der Waals surface area contributed by atoms with Crippen molar-refractivity contribution in [1.29, 1.82) is 0 Å². The van der Waals surface area contributed by atoms with Gasteiger partial charge < -0.3 is 9.30 Å². The van der Waals surface area contributed by atoms with E-state index < -0.39 is 0 Å². The summed E-state index contributed by atoms with van der Waals surface area (Å²) in [6.07, 6.45) is 11.8. The number of fused-ring (bicyclic) bond motifs is 4. The van der Waals surface area contributed by atoms with Gasteiger partial charge in [0, 0.05) is 57.3 Å². The third-order valence-electron chi connectivity index (χ3n) is 9.40. The van der Waals surface area contributed by atoms with Crippen LogP contribution >= 0.6 is 0 Å². The largest absolute Gasteiger partial charge is 0.489 e. The standard InChI is InChI=1S/C46H32N4O/c1-31-27-33(13-12-26-51-46-30-39(43-19-8-11-25-49-43)38(29-37(31)46)42-18-7-10-24-48-42)50-44-20-5-4-16-36(44)40-28-32(21-22-45(40)50)34-14-2-3-15-35(34)41-17-6-9-23-47-41/h2-25,27-30H,1,26H2/b13-12-,33-27+. The highest BCUT2D eigenvalue weighted by Gasteiger charge is 2.20. The Kier molecular flexibility index (Phi) is 7.63. The molecule has 0 saturated heterocycles. The normalized spacial score (nSPS) is 14.5. The molecule has 0 saturated carbocycles. The molecule has 1 aliphatic heterocycles. The molecule has 0 unspecified atom stereocenters. The number of nitrogens with zero attached hydrogens (tertiary/aromatic N) is 4. The Morgan fingerprint density at radius 1 is 0.529 bits per heavy atom. The van der Waals surface area contributed by atoms with Gasteiger partial charge in [-0.25, -0.2) is 0 Å². The first-order valence-electron chi connectivity index (χ1n) is 17.0. The molecule has 0 N–H and O–H groups in total. The zero-order chi connectivity index (χ0) is 34.1. The van der Waals surface area contributed by atoms with E-state index in [9.17, 15) is 0 Å². The summed E-state index contributed by atoms with van der Waals surface area (Å²) >= 11 is 0. The number of pyridine rings is 3. The fourth-order valence-corrected chi connectivity index (χ4v) is 7.07. The second-order valence-electron chi connectivity index (χ2n) is 12.5. The van der Waals surface area contributed by atoms with Crippen molar-refractivity contribution in [2.24, 2.45) is 0 Å². The first-order valence-corrected chi connectivity index (χ1v) is 17.0. The van der Waals surface area contributed by atoms with Crippen LogP contribution in [0.3, 0.4) is 0 Å². The number of ether oxygens (including phenoxy) is 1. The Labute approximate surface area is 296 Å². The van der Waals surface area contributed by atoms with Gasteiger partial charge in [-0.15, -0.1) is 0 Å². The summed E-state index contributed by atoms with van der Waals surface area (Å²) in [5.41, 5.74) is 13.0. The van der Waals surface area contributed by atoms with Gasteiger partial charge in [0.1, 0.15) is 12.4 Å². The molecule has 0 spiro atoms. The maximum absolute atomic E-state index is 6.44. The second-order valence-corrected chi connectivity index (χ2v) is 12.5. The van der Waals surface area contributed by atoms with Crippen molar-refractivity contribution in [3.05, 3.63) is 182 Å². The molecular formula is C46H32N4O. The number of rotatable bonds is 5. The Morgan fingerprint density at radius 2 is 1.14 bits per heavy atom. The zero-order valence-corrected chi connectivity index (χ0v) is 27.8. The van der Waals surface area contributed by atoms with Gasteiger partial charge in [0.15, 0.2) is 0 Å². The van der Waals surface area contributed by atoms with Crippen LogP contribution < -0.4 is 4.74 Å². The molecule has 0 fully saturated rings.